The van der Waals surface area contributed by atoms with Gasteiger partial charge in [0.05, 0.1) is 11.4 Å². The lowest BCUT2D eigenvalue weighted by Crippen LogP contribution is -1.97. The summed E-state index contributed by atoms with van der Waals surface area (Å²) in [4.78, 5) is 7.96. The average Bonchev–Trinajstić information content (AvgIpc) is 2.36. The molecule has 0 radical (unpaired) electrons. The lowest BCUT2D eigenvalue weighted by molar-refractivity contribution is 0.456. The zero-order valence-electron chi connectivity index (χ0n) is 10.4. The van der Waals surface area contributed by atoms with E-state index < -0.39 is 0 Å². The third kappa shape index (κ3) is 3.19. The Labute approximate surface area is 130 Å². The number of hydrogen-bond acceptors (Lipinski definition) is 3. The van der Waals surface area contributed by atoms with Gasteiger partial charge in [-0.2, -0.15) is 0 Å². The normalized spacial score (nSPS) is 10.6. The van der Waals surface area contributed by atoms with Crippen molar-refractivity contribution in [2.24, 2.45) is 0 Å². The van der Waals surface area contributed by atoms with Gasteiger partial charge in [-0.1, -0.05) is 27.5 Å². The first kappa shape index (κ1) is 14.6. The number of aromatic nitrogens is 2. The summed E-state index contributed by atoms with van der Waals surface area (Å²) >= 11 is 15.3. The van der Waals surface area contributed by atoms with Crippen LogP contribution in [-0.2, 0) is 5.88 Å². The van der Waals surface area contributed by atoms with Crippen molar-refractivity contribution in [3.8, 4) is 11.6 Å². The van der Waals surface area contributed by atoms with Gasteiger partial charge in [0.15, 0.2) is 0 Å². The summed E-state index contributed by atoms with van der Waals surface area (Å²) < 4.78 is 6.82. The van der Waals surface area contributed by atoms with Gasteiger partial charge in [-0.3, -0.25) is 0 Å². The predicted octanol–water partition coefficient (Wildman–Crippen LogP) is 5.04. The zero-order chi connectivity index (χ0) is 14.0. The Morgan fingerprint density at radius 2 is 1.84 bits per heavy atom. The Morgan fingerprint density at radius 1 is 1.21 bits per heavy atom. The largest absolute Gasteiger partial charge is 0.439 e. The highest BCUT2D eigenvalue weighted by Gasteiger charge is 2.12. The number of hydrogen-bond donors (Lipinski definition) is 0. The van der Waals surface area contributed by atoms with Crippen molar-refractivity contribution in [3.05, 3.63) is 44.8 Å². The molecule has 1 heterocycles. The highest BCUT2D eigenvalue weighted by atomic mass is 79.9. The van der Waals surface area contributed by atoms with Crippen LogP contribution >= 0.6 is 39.1 Å². The third-order valence-electron chi connectivity index (χ3n) is 2.61. The van der Waals surface area contributed by atoms with Crippen LogP contribution in [0, 0.1) is 13.8 Å². The number of halogens is 3. The number of nitrogens with zero attached hydrogens (tertiary/aromatic N) is 2. The molecule has 0 aliphatic rings. The lowest BCUT2D eigenvalue weighted by atomic mass is 10.1. The molecule has 0 aliphatic heterocycles. The number of benzene rings is 1. The van der Waals surface area contributed by atoms with Crippen LogP contribution in [0.3, 0.4) is 0 Å². The van der Waals surface area contributed by atoms with E-state index >= 15 is 0 Å². The SMILES string of the molecule is Cc1cc(Oc2ncnc(Cl)c2CCl)cc(C)c1Br. The second-order valence-electron chi connectivity index (χ2n) is 4.05. The van der Waals surface area contributed by atoms with Crippen molar-refractivity contribution in [1.82, 2.24) is 9.97 Å². The molecule has 0 saturated carbocycles. The first-order chi connectivity index (χ1) is 9.02. The molecule has 0 unspecified atom stereocenters. The molecule has 100 valence electrons. The summed E-state index contributed by atoms with van der Waals surface area (Å²) in [6, 6.07) is 3.84. The fraction of sp³-hybridized carbons (Fsp3) is 0.231. The maximum atomic E-state index is 5.96. The number of aryl methyl sites for hydroxylation is 2. The third-order valence-corrected chi connectivity index (χ3v) is 4.46. The fourth-order valence-corrected chi connectivity index (χ4v) is 2.38. The molecule has 19 heavy (non-hydrogen) atoms. The summed E-state index contributed by atoms with van der Waals surface area (Å²) in [6.45, 7) is 4.00. The van der Waals surface area contributed by atoms with Crippen molar-refractivity contribution in [1.29, 1.82) is 0 Å². The van der Waals surface area contributed by atoms with E-state index in [1.165, 1.54) is 6.33 Å². The quantitative estimate of drug-likeness (QED) is 0.567. The molecule has 6 heteroatoms. The molecule has 0 amide bonds. The van der Waals surface area contributed by atoms with Crippen molar-refractivity contribution >= 4 is 39.1 Å². The van der Waals surface area contributed by atoms with E-state index in [-0.39, 0.29) is 5.88 Å². The van der Waals surface area contributed by atoms with Crippen LogP contribution in [0.5, 0.6) is 11.6 Å². The molecule has 1 aromatic heterocycles. The molecule has 0 bridgehead atoms. The van der Waals surface area contributed by atoms with Crippen LogP contribution in [0.4, 0.5) is 0 Å². The first-order valence-electron chi connectivity index (χ1n) is 5.53. The predicted molar refractivity (Wildman–Crippen MR) is 80.3 cm³/mol. The topological polar surface area (TPSA) is 35.0 Å². The van der Waals surface area contributed by atoms with E-state index in [2.05, 4.69) is 25.9 Å². The van der Waals surface area contributed by atoms with Gasteiger partial charge in [0.2, 0.25) is 5.88 Å². The molecule has 2 rings (SSSR count). The maximum Gasteiger partial charge on any atom is 0.228 e. The fourth-order valence-electron chi connectivity index (χ4n) is 1.65. The van der Waals surface area contributed by atoms with Gasteiger partial charge in [0, 0.05) is 4.47 Å². The van der Waals surface area contributed by atoms with Gasteiger partial charge in [-0.15, -0.1) is 11.6 Å². The number of rotatable bonds is 3. The molecule has 0 fully saturated rings. The molecule has 0 aliphatic carbocycles. The minimum Gasteiger partial charge on any atom is -0.439 e. The van der Waals surface area contributed by atoms with Gasteiger partial charge in [0.1, 0.15) is 17.2 Å². The summed E-state index contributed by atoms with van der Waals surface area (Å²) in [6.07, 6.45) is 1.35. The standard InChI is InChI=1S/C13H11BrCl2N2O/c1-7-3-9(4-8(2)11(7)14)19-13-10(5-15)12(16)17-6-18-13/h3-4,6H,5H2,1-2H3. The maximum absolute atomic E-state index is 5.96. The van der Waals surface area contributed by atoms with Gasteiger partial charge >= 0.3 is 0 Å². The molecule has 1 aromatic carbocycles. The minimum absolute atomic E-state index is 0.198. The van der Waals surface area contributed by atoms with E-state index in [4.69, 9.17) is 27.9 Å². The van der Waals surface area contributed by atoms with Crippen molar-refractivity contribution < 1.29 is 4.74 Å². The van der Waals surface area contributed by atoms with Gasteiger partial charge in [-0.05, 0) is 37.1 Å². The van der Waals surface area contributed by atoms with E-state index in [9.17, 15) is 0 Å². The number of alkyl halides is 1. The van der Waals surface area contributed by atoms with E-state index in [0.29, 0.717) is 22.3 Å². The smallest absolute Gasteiger partial charge is 0.228 e. The van der Waals surface area contributed by atoms with Crippen LogP contribution in [0.1, 0.15) is 16.7 Å². The monoisotopic (exact) mass is 360 g/mol. The average molecular weight is 362 g/mol. The Bertz CT molecular complexity index is 597. The summed E-state index contributed by atoms with van der Waals surface area (Å²) in [5, 5.41) is 0.311. The Morgan fingerprint density at radius 3 is 2.42 bits per heavy atom. The second kappa shape index (κ2) is 6.07. The van der Waals surface area contributed by atoms with Crippen LogP contribution in [-0.4, -0.2) is 9.97 Å². The zero-order valence-corrected chi connectivity index (χ0v) is 13.5. The molecule has 2 aromatic rings. The van der Waals surface area contributed by atoms with Crippen molar-refractivity contribution in [2.45, 2.75) is 19.7 Å². The van der Waals surface area contributed by atoms with Crippen LogP contribution < -0.4 is 4.74 Å². The molecule has 0 saturated heterocycles. The first-order valence-corrected chi connectivity index (χ1v) is 7.23. The second-order valence-corrected chi connectivity index (χ2v) is 5.47. The van der Waals surface area contributed by atoms with Crippen LogP contribution in [0.2, 0.25) is 5.15 Å². The summed E-state index contributed by atoms with van der Waals surface area (Å²) in [7, 11) is 0. The molecule has 3 nitrogen and oxygen atoms in total. The molecular formula is C13H11BrCl2N2O. The Balaban J connectivity index is 2.39. The highest BCUT2D eigenvalue weighted by molar-refractivity contribution is 9.10. The summed E-state index contributed by atoms with van der Waals surface area (Å²) in [5.41, 5.74) is 2.76. The molecular weight excluding hydrogens is 351 g/mol. The number of ether oxygens (including phenoxy) is 1. The van der Waals surface area contributed by atoms with Gasteiger partial charge < -0.3 is 4.74 Å². The van der Waals surface area contributed by atoms with E-state index in [1.54, 1.807) is 0 Å². The Hall–Kier alpha value is -0.840. The van der Waals surface area contributed by atoms with Crippen LogP contribution in [0.25, 0.3) is 0 Å². The van der Waals surface area contributed by atoms with Crippen molar-refractivity contribution in [3.63, 3.8) is 0 Å². The molecule has 0 N–H and O–H groups in total. The Kier molecular flexibility index (Phi) is 4.66. The van der Waals surface area contributed by atoms with E-state index in [0.717, 1.165) is 15.6 Å². The molecule has 0 atom stereocenters. The summed E-state index contributed by atoms with van der Waals surface area (Å²) in [5.74, 6) is 1.28. The minimum atomic E-state index is 0.198. The van der Waals surface area contributed by atoms with Crippen LogP contribution in [0.15, 0.2) is 22.9 Å². The van der Waals surface area contributed by atoms with Gasteiger partial charge in [0.25, 0.3) is 0 Å². The lowest BCUT2D eigenvalue weighted by Gasteiger charge is -2.11. The van der Waals surface area contributed by atoms with E-state index in [1.807, 2.05) is 26.0 Å². The highest BCUT2D eigenvalue weighted by Crippen LogP contribution is 2.31. The van der Waals surface area contributed by atoms with Crippen molar-refractivity contribution in [2.75, 3.05) is 0 Å². The molecule has 0 spiro atoms. The van der Waals surface area contributed by atoms with Gasteiger partial charge in [-0.25, -0.2) is 9.97 Å².